The molecule has 1 aliphatic rings. The molecule has 1 heterocycles. The Morgan fingerprint density at radius 1 is 1.16 bits per heavy atom. The molecule has 0 spiro atoms. The first-order valence-corrected chi connectivity index (χ1v) is 10.3. The number of hydrogen-bond donors (Lipinski definition) is 2. The third kappa shape index (κ3) is 6.45. The Hall–Kier alpha value is -1.37. The summed E-state index contributed by atoms with van der Waals surface area (Å²) in [6.45, 7) is 9.68. The molecule has 0 saturated heterocycles. The minimum absolute atomic E-state index is 0.190. The monoisotopic (exact) mass is 376 g/mol. The summed E-state index contributed by atoms with van der Waals surface area (Å²) < 4.78 is 28.5. The van der Waals surface area contributed by atoms with Crippen LogP contribution in [0.2, 0.25) is 0 Å². The molecular weight excluding hydrogens is 347 g/mol. The number of amides is 2. The maximum Gasteiger partial charge on any atom is 0.337 e. The Kier molecular flexibility index (Phi) is 8.62. The van der Waals surface area contributed by atoms with Gasteiger partial charge in [-0.1, -0.05) is 13.8 Å². The number of carbonyl (C=O) groups is 2. The van der Waals surface area contributed by atoms with Crippen molar-refractivity contribution in [3.05, 3.63) is 11.3 Å². The molecule has 9 heteroatoms. The fourth-order valence-corrected chi connectivity index (χ4v) is 4.32. The molecule has 0 aromatic carbocycles. The smallest absolute Gasteiger partial charge is 0.337 e. The van der Waals surface area contributed by atoms with Gasteiger partial charge in [0.25, 0.3) is 0 Å². The van der Waals surface area contributed by atoms with Crippen LogP contribution in [0.5, 0.6) is 0 Å². The highest BCUT2D eigenvalue weighted by Gasteiger charge is 2.37. The molecule has 2 N–H and O–H groups in total. The van der Waals surface area contributed by atoms with E-state index in [0.29, 0.717) is 6.42 Å². The standard InChI is InChI=1S/C16H29N2O6P/c1-6-22-15(19)14-12(9-11(4)5)17-16(20)18-13(14)10-25(21,23-7-2)24-8-3/h11-12H,6-10H2,1-5H3,(H2,17,18,20). The summed E-state index contributed by atoms with van der Waals surface area (Å²) in [4.78, 5) is 24.5. The van der Waals surface area contributed by atoms with Gasteiger partial charge in [0.2, 0.25) is 0 Å². The summed E-state index contributed by atoms with van der Waals surface area (Å²) in [5.74, 6) is -0.310. The number of urea groups is 1. The third-order valence-electron chi connectivity index (χ3n) is 3.45. The van der Waals surface area contributed by atoms with Gasteiger partial charge in [-0.05, 0) is 33.1 Å². The van der Waals surface area contributed by atoms with Crippen molar-refractivity contribution in [3.63, 3.8) is 0 Å². The number of hydrogen-bond acceptors (Lipinski definition) is 6. The average molecular weight is 376 g/mol. The Bertz CT molecular complexity index is 551. The van der Waals surface area contributed by atoms with Gasteiger partial charge in [-0.15, -0.1) is 0 Å². The van der Waals surface area contributed by atoms with Crippen molar-refractivity contribution in [2.75, 3.05) is 26.0 Å². The van der Waals surface area contributed by atoms with E-state index in [1.54, 1.807) is 20.8 Å². The molecule has 8 nitrogen and oxygen atoms in total. The molecule has 0 bridgehead atoms. The summed E-state index contributed by atoms with van der Waals surface area (Å²) in [5, 5.41) is 5.31. The van der Waals surface area contributed by atoms with Crippen molar-refractivity contribution in [3.8, 4) is 0 Å². The fraction of sp³-hybridized carbons (Fsp3) is 0.750. The second-order valence-electron chi connectivity index (χ2n) is 6.00. The summed E-state index contributed by atoms with van der Waals surface area (Å²) in [6.07, 6.45) is 0.365. The molecule has 0 saturated carbocycles. The van der Waals surface area contributed by atoms with Crippen LogP contribution in [0.4, 0.5) is 4.79 Å². The summed E-state index contributed by atoms with van der Waals surface area (Å²) in [5.41, 5.74) is 0.507. The van der Waals surface area contributed by atoms with Gasteiger partial charge in [-0.25, -0.2) is 9.59 Å². The molecule has 2 amide bonds. The quantitative estimate of drug-likeness (QED) is 0.449. The van der Waals surface area contributed by atoms with Gasteiger partial charge in [0, 0.05) is 5.70 Å². The lowest BCUT2D eigenvalue weighted by molar-refractivity contribution is -0.139. The first-order valence-electron chi connectivity index (χ1n) is 8.62. The van der Waals surface area contributed by atoms with E-state index in [1.165, 1.54) is 0 Å². The zero-order chi connectivity index (χ0) is 19.0. The van der Waals surface area contributed by atoms with E-state index >= 15 is 0 Å². The van der Waals surface area contributed by atoms with Crippen LogP contribution < -0.4 is 10.6 Å². The lowest BCUT2D eigenvalue weighted by Gasteiger charge is -2.31. The maximum atomic E-state index is 12.8. The van der Waals surface area contributed by atoms with Crippen LogP contribution in [-0.2, 0) is 23.1 Å². The first kappa shape index (κ1) is 21.7. The Balaban J connectivity index is 3.29. The lowest BCUT2D eigenvalue weighted by Crippen LogP contribution is -2.51. The number of rotatable bonds is 10. The van der Waals surface area contributed by atoms with Crippen molar-refractivity contribution in [2.24, 2.45) is 5.92 Å². The Labute approximate surface area is 149 Å². The highest BCUT2D eigenvalue weighted by molar-refractivity contribution is 7.54. The molecule has 1 rings (SSSR count). The molecule has 1 atom stereocenters. The zero-order valence-electron chi connectivity index (χ0n) is 15.6. The average Bonchev–Trinajstić information content (AvgIpc) is 2.46. The zero-order valence-corrected chi connectivity index (χ0v) is 16.5. The van der Waals surface area contributed by atoms with Gasteiger partial charge in [0.15, 0.2) is 0 Å². The van der Waals surface area contributed by atoms with E-state index < -0.39 is 25.6 Å². The van der Waals surface area contributed by atoms with Gasteiger partial charge in [0.1, 0.15) is 0 Å². The highest BCUT2D eigenvalue weighted by Crippen LogP contribution is 2.49. The van der Waals surface area contributed by atoms with Gasteiger partial charge < -0.3 is 24.4 Å². The van der Waals surface area contributed by atoms with Gasteiger partial charge in [-0.3, -0.25) is 4.57 Å². The predicted octanol–water partition coefficient (Wildman–Crippen LogP) is 2.80. The van der Waals surface area contributed by atoms with E-state index in [1.807, 2.05) is 13.8 Å². The fourth-order valence-electron chi connectivity index (χ4n) is 2.64. The molecule has 0 fully saturated rings. The Morgan fingerprint density at radius 3 is 2.24 bits per heavy atom. The van der Waals surface area contributed by atoms with Crippen LogP contribution in [0.1, 0.15) is 41.0 Å². The largest absolute Gasteiger partial charge is 0.463 e. The molecular formula is C16H29N2O6P. The molecule has 1 unspecified atom stereocenters. The highest BCUT2D eigenvalue weighted by atomic mass is 31.2. The molecule has 25 heavy (non-hydrogen) atoms. The Morgan fingerprint density at radius 2 is 1.76 bits per heavy atom. The predicted molar refractivity (Wildman–Crippen MR) is 94.3 cm³/mol. The van der Waals surface area contributed by atoms with Crippen molar-refractivity contribution in [1.82, 2.24) is 10.6 Å². The van der Waals surface area contributed by atoms with Gasteiger partial charge >= 0.3 is 19.6 Å². The summed E-state index contributed by atoms with van der Waals surface area (Å²) in [6, 6.07) is -0.965. The van der Waals surface area contributed by atoms with E-state index in [9.17, 15) is 14.2 Å². The van der Waals surface area contributed by atoms with Crippen molar-refractivity contribution in [1.29, 1.82) is 0 Å². The van der Waals surface area contributed by atoms with Crippen LogP contribution in [0, 0.1) is 5.92 Å². The van der Waals surface area contributed by atoms with Crippen LogP contribution in [0.25, 0.3) is 0 Å². The van der Waals surface area contributed by atoms with Crippen molar-refractivity contribution < 1.29 is 27.9 Å². The van der Waals surface area contributed by atoms with Crippen LogP contribution in [0.15, 0.2) is 11.3 Å². The first-order chi connectivity index (χ1) is 11.8. The van der Waals surface area contributed by atoms with Gasteiger partial charge in [0.05, 0.1) is 37.6 Å². The molecule has 0 aromatic heterocycles. The number of nitrogens with one attached hydrogen (secondary N) is 2. The van der Waals surface area contributed by atoms with E-state index in [2.05, 4.69) is 10.6 Å². The molecule has 144 valence electrons. The minimum atomic E-state index is -3.48. The minimum Gasteiger partial charge on any atom is -0.463 e. The normalized spacial score (nSPS) is 18.2. The van der Waals surface area contributed by atoms with E-state index in [0.717, 1.165) is 0 Å². The van der Waals surface area contributed by atoms with Crippen molar-refractivity contribution in [2.45, 2.75) is 47.1 Å². The number of ether oxygens (including phenoxy) is 1. The SMILES string of the molecule is CCOC(=O)C1=C(CP(=O)(OCC)OCC)NC(=O)NC1CC(C)C. The lowest BCUT2D eigenvalue weighted by atomic mass is 9.94. The number of esters is 1. The summed E-state index contributed by atoms with van der Waals surface area (Å²) in [7, 11) is -3.48. The second-order valence-corrected chi connectivity index (χ2v) is 8.05. The number of allylic oxidation sites excluding steroid dienone is 1. The second kappa shape index (κ2) is 9.94. The maximum absolute atomic E-state index is 12.8. The van der Waals surface area contributed by atoms with Gasteiger partial charge in [-0.2, -0.15) is 0 Å². The molecule has 0 aliphatic carbocycles. The van der Waals surface area contributed by atoms with E-state index in [4.69, 9.17) is 13.8 Å². The van der Waals surface area contributed by atoms with Crippen molar-refractivity contribution >= 4 is 19.6 Å². The summed E-state index contributed by atoms with van der Waals surface area (Å²) >= 11 is 0. The molecule has 1 aliphatic heterocycles. The van der Waals surface area contributed by atoms with Crippen LogP contribution in [0.3, 0.4) is 0 Å². The third-order valence-corrected chi connectivity index (χ3v) is 5.46. The molecule has 0 aromatic rings. The molecule has 0 radical (unpaired) electrons. The number of carbonyl (C=O) groups excluding carboxylic acids is 2. The topological polar surface area (TPSA) is 103 Å². The van der Waals surface area contributed by atoms with Crippen LogP contribution in [-0.4, -0.2) is 44.0 Å². The van der Waals surface area contributed by atoms with E-state index in [-0.39, 0.29) is 43.2 Å². The van der Waals surface area contributed by atoms with Crippen LogP contribution >= 0.6 is 7.60 Å².